The summed E-state index contributed by atoms with van der Waals surface area (Å²) in [4.78, 5) is 0. The van der Waals surface area contributed by atoms with Crippen molar-refractivity contribution >= 4 is 23.2 Å². The lowest BCUT2D eigenvalue weighted by atomic mass is 10.1. The molecule has 2 aromatic rings. The van der Waals surface area contributed by atoms with Crippen molar-refractivity contribution in [3.8, 4) is 11.5 Å². The molecule has 0 amide bonds. The van der Waals surface area contributed by atoms with E-state index < -0.39 is 0 Å². The number of halogens is 2. The summed E-state index contributed by atoms with van der Waals surface area (Å²) in [5.41, 5.74) is 2.51. The van der Waals surface area contributed by atoms with E-state index in [9.17, 15) is 5.11 Å². The van der Waals surface area contributed by atoms with Crippen molar-refractivity contribution in [1.82, 2.24) is 0 Å². The fourth-order valence-corrected chi connectivity index (χ4v) is 2.80. The third-order valence-electron chi connectivity index (χ3n) is 3.43. The minimum Gasteiger partial charge on any atom is -0.490 e. The average molecular weight is 367 g/mol. The van der Waals surface area contributed by atoms with Gasteiger partial charge in [0.2, 0.25) is 0 Å². The highest BCUT2D eigenvalue weighted by Gasteiger charge is 2.14. The van der Waals surface area contributed by atoms with E-state index in [4.69, 9.17) is 32.7 Å². The Morgan fingerprint density at radius 2 is 1.92 bits per heavy atom. The van der Waals surface area contributed by atoms with Gasteiger partial charge in [-0.3, -0.25) is 0 Å². The van der Waals surface area contributed by atoms with E-state index in [1.165, 1.54) is 0 Å². The topological polar surface area (TPSA) is 38.7 Å². The van der Waals surface area contributed by atoms with Crippen molar-refractivity contribution in [3.05, 3.63) is 69.7 Å². The second-order valence-electron chi connectivity index (χ2n) is 5.19. The quantitative estimate of drug-likeness (QED) is 0.653. The van der Waals surface area contributed by atoms with Crippen LogP contribution in [0, 0.1) is 0 Å². The van der Waals surface area contributed by atoms with Crippen molar-refractivity contribution in [3.63, 3.8) is 0 Å². The number of hydrogen-bond acceptors (Lipinski definition) is 3. The maximum atomic E-state index is 9.43. The molecule has 2 rings (SSSR count). The summed E-state index contributed by atoms with van der Waals surface area (Å²) in [6.07, 6.45) is 2.39. The zero-order valence-electron chi connectivity index (χ0n) is 13.5. The molecule has 0 spiro atoms. The predicted octanol–water partition coefficient (Wildman–Crippen LogP) is 5.19. The lowest BCUT2D eigenvalue weighted by Gasteiger charge is -2.17. The molecule has 0 fully saturated rings. The van der Waals surface area contributed by atoms with Crippen LogP contribution in [-0.4, -0.2) is 11.7 Å². The van der Waals surface area contributed by atoms with Gasteiger partial charge in [0, 0.05) is 21.2 Å². The van der Waals surface area contributed by atoms with Gasteiger partial charge in [-0.25, -0.2) is 0 Å². The van der Waals surface area contributed by atoms with Gasteiger partial charge < -0.3 is 14.6 Å². The Hall–Kier alpha value is -1.68. The maximum Gasteiger partial charge on any atom is 0.165 e. The van der Waals surface area contributed by atoms with Crippen molar-refractivity contribution < 1.29 is 14.6 Å². The number of ether oxygens (including phenoxy) is 2. The van der Waals surface area contributed by atoms with Crippen LogP contribution in [0.3, 0.4) is 0 Å². The first-order chi connectivity index (χ1) is 11.6. The third kappa shape index (κ3) is 4.67. The molecular weight excluding hydrogens is 347 g/mol. The maximum absolute atomic E-state index is 9.43. The molecule has 5 heteroatoms. The van der Waals surface area contributed by atoms with Gasteiger partial charge in [0.05, 0.1) is 13.2 Å². The Kier molecular flexibility index (Phi) is 6.98. The summed E-state index contributed by atoms with van der Waals surface area (Å²) in [6, 6.07) is 8.97. The Morgan fingerprint density at radius 1 is 1.12 bits per heavy atom. The van der Waals surface area contributed by atoms with Crippen LogP contribution in [0.1, 0.15) is 23.6 Å². The predicted molar refractivity (Wildman–Crippen MR) is 98.2 cm³/mol. The van der Waals surface area contributed by atoms with Crippen molar-refractivity contribution in [1.29, 1.82) is 0 Å². The molecule has 0 bridgehead atoms. The van der Waals surface area contributed by atoms with Crippen molar-refractivity contribution in [2.75, 3.05) is 6.61 Å². The van der Waals surface area contributed by atoms with Gasteiger partial charge in [0.25, 0.3) is 0 Å². The van der Waals surface area contributed by atoms with Crippen molar-refractivity contribution in [2.45, 2.75) is 26.6 Å². The molecule has 0 saturated heterocycles. The van der Waals surface area contributed by atoms with Gasteiger partial charge in [-0.15, -0.1) is 6.58 Å². The second kappa shape index (κ2) is 8.97. The molecule has 0 atom stereocenters. The largest absolute Gasteiger partial charge is 0.490 e. The van der Waals surface area contributed by atoms with Gasteiger partial charge in [-0.05, 0) is 43.2 Å². The van der Waals surface area contributed by atoms with Crippen LogP contribution in [0.15, 0.2) is 43.0 Å². The van der Waals surface area contributed by atoms with Gasteiger partial charge in [0.15, 0.2) is 11.5 Å². The van der Waals surface area contributed by atoms with E-state index in [2.05, 4.69) is 6.58 Å². The number of aliphatic hydroxyl groups is 1. The van der Waals surface area contributed by atoms with Gasteiger partial charge >= 0.3 is 0 Å². The molecule has 0 saturated carbocycles. The zero-order valence-corrected chi connectivity index (χ0v) is 15.0. The SMILES string of the molecule is C=CCc1cc(CO)cc(OCC)c1OCc1ccc(Cl)cc1Cl. The van der Waals surface area contributed by atoms with Crippen LogP contribution >= 0.6 is 23.2 Å². The minimum absolute atomic E-state index is 0.0620. The number of hydrogen-bond donors (Lipinski definition) is 1. The molecular formula is C19H20Cl2O3. The molecule has 128 valence electrons. The van der Waals surface area contributed by atoms with Crippen LogP contribution < -0.4 is 9.47 Å². The molecule has 24 heavy (non-hydrogen) atoms. The smallest absolute Gasteiger partial charge is 0.165 e. The van der Waals surface area contributed by atoms with E-state index in [-0.39, 0.29) is 6.61 Å². The number of benzene rings is 2. The Labute approximate surface area is 152 Å². The lowest BCUT2D eigenvalue weighted by Crippen LogP contribution is -2.04. The van der Waals surface area contributed by atoms with Gasteiger partial charge in [0.1, 0.15) is 6.61 Å². The van der Waals surface area contributed by atoms with E-state index in [1.54, 1.807) is 24.3 Å². The van der Waals surface area contributed by atoms with Crippen LogP contribution in [0.5, 0.6) is 11.5 Å². The highest BCUT2D eigenvalue weighted by Crippen LogP contribution is 2.35. The Morgan fingerprint density at radius 3 is 2.54 bits per heavy atom. The standard InChI is InChI=1S/C19H20Cl2O3/c1-3-5-14-8-13(11-22)9-18(23-4-2)19(14)24-12-15-6-7-16(20)10-17(15)21/h3,6-10,22H,1,4-5,11-12H2,2H3. The molecule has 0 aliphatic rings. The highest BCUT2D eigenvalue weighted by atomic mass is 35.5. The Bertz CT molecular complexity index is 714. The summed E-state index contributed by atoms with van der Waals surface area (Å²) < 4.78 is 11.7. The molecule has 0 unspecified atom stereocenters. The fourth-order valence-electron chi connectivity index (χ4n) is 2.34. The zero-order chi connectivity index (χ0) is 17.5. The summed E-state index contributed by atoms with van der Waals surface area (Å²) in [6.45, 7) is 6.41. The summed E-state index contributed by atoms with van der Waals surface area (Å²) in [5.74, 6) is 1.24. The molecule has 2 aromatic carbocycles. The van der Waals surface area contributed by atoms with Gasteiger partial charge in [-0.2, -0.15) is 0 Å². The highest BCUT2D eigenvalue weighted by molar-refractivity contribution is 6.35. The molecule has 0 aliphatic carbocycles. The normalized spacial score (nSPS) is 10.5. The van der Waals surface area contributed by atoms with Crippen LogP contribution in [-0.2, 0) is 19.6 Å². The van der Waals surface area contributed by atoms with E-state index in [0.29, 0.717) is 41.2 Å². The van der Waals surface area contributed by atoms with Crippen LogP contribution in [0.2, 0.25) is 10.0 Å². The van der Waals surface area contributed by atoms with E-state index in [1.807, 2.05) is 19.1 Å². The third-order valence-corrected chi connectivity index (χ3v) is 4.01. The fraction of sp³-hybridized carbons (Fsp3) is 0.263. The molecule has 3 nitrogen and oxygen atoms in total. The molecule has 1 N–H and O–H groups in total. The minimum atomic E-state index is -0.0620. The van der Waals surface area contributed by atoms with Crippen LogP contribution in [0.25, 0.3) is 0 Å². The van der Waals surface area contributed by atoms with E-state index in [0.717, 1.165) is 16.7 Å². The van der Waals surface area contributed by atoms with Crippen molar-refractivity contribution in [2.24, 2.45) is 0 Å². The molecule has 0 heterocycles. The van der Waals surface area contributed by atoms with E-state index >= 15 is 0 Å². The monoisotopic (exact) mass is 366 g/mol. The number of rotatable bonds is 8. The Balaban J connectivity index is 2.33. The van der Waals surface area contributed by atoms with Crippen LogP contribution in [0.4, 0.5) is 0 Å². The summed E-state index contributed by atoms with van der Waals surface area (Å²) >= 11 is 12.1. The van der Waals surface area contributed by atoms with Gasteiger partial charge in [-0.1, -0.05) is 35.3 Å². The molecule has 0 radical (unpaired) electrons. The average Bonchev–Trinajstić information content (AvgIpc) is 2.56. The second-order valence-corrected chi connectivity index (χ2v) is 6.03. The number of allylic oxidation sites excluding steroid dienone is 1. The first kappa shape index (κ1) is 18.7. The first-order valence-corrected chi connectivity index (χ1v) is 8.41. The first-order valence-electron chi connectivity index (χ1n) is 7.66. The lowest BCUT2D eigenvalue weighted by molar-refractivity contribution is 0.262. The summed E-state index contributed by atoms with van der Waals surface area (Å²) in [7, 11) is 0. The molecule has 0 aromatic heterocycles. The number of aliphatic hydroxyl groups excluding tert-OH is 1. The summed E-state index contributed by atoms with van der Waals surface area (Å²) in [5, 5.41) is 10.6. The molecule has 0 aliphatic heterocycles.